The van der Waals surface area contributed by atoms with E-state index in [9.17, 15) is 16.8 Å². The van der Waals surface area contributed by atoms with Crippen molar-refractivity contribution >= 4 is 31.4 Å². The van der Waals surface area contributed by atoms with Crippen LogP contribution in [-0.2, 0) is 20.0 Å². The normalized spacial score (nSPS) is 21.9. The standard InChI is InChI=1S/C10H16N2O4S3/c1-7-5-10(8(2)17-7)19(15,16)12-4-3-9(6-12)18(11,13)14/h5,9H,3-4,6H2,1-2H3,(H2,11,13,14)/t9-/m0/s1. The van der Waals surface area contributed by atoms with E-state index in [1.165, 1.54) is 15.6 Å². The first-order valence-corrected chi connectivity index (χ1v) is 9.58. The van der Waals surface area contributed by atoms with E-state index in [4.69, 9.17) is 5.14 Å². The van der Waals surface area contributed by atoms with Gasteiger partial charge in [-0.1, -0.05) is 0 Å². The number of sulfonamides is 2. The molecule has 1 atom stereocenters. The van der Waals surface area contributed by atoms with E-state index in [1.54, 1.807) is 13.0 Å². The quantitative estimate of drug-likeness (QED) is 0.871. The highest BCUT2D eigenvalue weighted by atomic mass is 32.2. The molecule has 108 valence electrons. The Hall–Kier alpha value is -0.480. The topological polar surface area (TPSA) is 97.5 Å². The van der Waals surface area contributed by atoms with E-state index in [-0.39, 0.29) is 24.4 Å². The van der Waals surface area contributed by atoms with Gasteiger partial charge in [-0.3, -0.25) is 0 Å². The Morgan fingerprint density at radius 3 is 2.37 bits per heavy atom. The van der Waals surface area contributed by atoms with Gasteiger partial charge in [-0.15, -0.1) is 11.3 Å². The molecular weight excluding hydrogens is 308 g/mol. The Morgan fingerprint density at radius 2 is 1.95 bits per heavy atom. The molecule has 19 heavy (non-hydrogen) atoms. The molecule has 0 unspecified atom stereocenters. The summed E-state index contributed by atoms with van der Waals surface area (Å²) < 4.78 is 48.6. The van der Waals surface area contributed by atoms with Gasteiger partial charge in [0.15, 0.2) is 0 Å². The fourth-order valence-corrected chi connectivity index (χ4v) is 6.13. The summed E-state index contributed by atoms with van der Waals surface area (Å²) in [7, 11) is -7.30. The van der Waals surface area contributed by atoms with Crippen molar-refractivity contribution in [3.63, 3.8) is 0 Å². The summed E-state index contributed by atoms with van der Waals surface area (Å²) in [5.41, 5.74) is 0. The fourth-order valence-electron chi connectivity index (χ4n) is 2.19. The number of thiophene rings is 1. The van der Waals surface area contributed by atoms with Gasteiger partial charge in [-0.2, -0.15) is 4.31 Å². The number of aryl methyl sites for hydroxylation is 2. The summed E-state index contributed by atoms with van der Waals surface area (Å²) in [6.45, 7) is 3.72. The minimum atomic E-state index is -3.69. The Labute approximate surface area is 117 Å². The highest BCUT2D eigenvalue weighted by molar-refractivity contribution is 7.90. The zero-order valence-electron chi connectivity index (χ0n) is 10.7. The molecule has 2 rings (SSSR count). The van der Waals surface area contributed by atoms with Gasteiger partial charge in [0.2, 0.25) is 20.0 Å². The van der Waals surface area contributed by atoms with E-state index in [0.29, 0.717) is 0 Å². The second kappa shape index (κ2) is 4.81. The van der Waals surface area contributed by atoms with Gasteiger partial charge in [0.05, 0.1) is 10.1 Å². The van der Waals surface area contributed by atoms with Crippen molar-refractivity contribution in [2.24, 2.45) is 5.14 Å². The van der Waals surface area contributed by atoms with Crippen LogP contribution in [0.3, 0.4) is 0 Å². The van der Waals surface area contributed by atoms with Gasteiger partial charge in [-0.05, 0) is 26.3 Å². The average molecular weight is 324 g/mol. The van der Waals surface area contributed by atoms with E-state index in [1.807, 2.05) is 6.92 Å². The van der Waals surface area contributed by atoms with Gasteiger partial charge in [0.1, 0.15) is 0 Å². The van der Waals surface area contributed by atoms with Gasteiger partial charge < -0.3 is 0 Å². The third kappa shape index (κ3) is 2.84. The maximum absolute atomic E-state index is 12.4. The molecule has 0 saturated carbocycles. The van der Waals surface area contributed by atoms with Crippen molar-refractivity contribution in [1.29, 1.82) is 0 Å². The van der Waals surface area contributed by atoms with Crippen LogP contribution in [0, 0.1) is 13.8 Å². The van der Waals surface area contributed by atoms with Crippen molar-refractivity contribution in [2.45, 2.75) is 30.4 Å². The van der Waals surface area contributed by atoms with Crippen molar-refractivity contribution < 1.29 is 16.8 Å². The van der Waals surface area contributed by atoms with Crippen molar-refractivity contribution in [1.82, 2.24) is 4.31 Å². The third-order valence-electron chi connectivity index (χ3n) is 3.19. The predicted molar refractivity (Wildman–Crippen MR) is 74.1 cm³/mol. The van der Waals surface area contributed by atoms with Gasteiger partial charge >= 0.3 is 0 Å². The fraction of sp³-hybridized carbons (Fsp3) is 0.600. The summed E-state index contributed by atoms with van der Waals surface area (Å²) in [6, 6.07) is 1.62. The van der Waals surface area contributed by atoms with Gasteiger partial charge in [-0.25, -0.2) is 22.0 Å². The molecule has 1 aliphatic rings. The monoisotopic (exact) mass is 324 g/mol. The number of primary sulfonamides is 1. The van der Waals surface area contributed by atoms with Crippen LogP contribution < -0.4 is 5.14 Å². The third-order valence-corrected chi connectivity index (χ3v) is 7.59. The van der Waals surface area contributed by atoms with E-state index < -0.39 is 25.3 Å². The minimum Gasteiger partial charge on any atom is -0.228 e. The number of nitrogens with zero attached hydrogens (tertiary/aromatic N) is 1. The SMILES string of the molecule is Cc1cc(S(=O)(=O)N2CC[C@H](S(N)(=O)=O)C2)c(C)s1. The second-order valence-electron chi connectivity index (χ2n) is 4.64. The van der Waals surface area contributed by atoms with Crippen LogP contribution in [-0.4, -0.2) is 39.5 Å². The molecule has 0 aliphatic carbocycles. The number of rotatable bonds is 3. The molecule has 9 heteroatoms. The molecular formula is C10H16N2O4S3. The van der Waals surface area contributed by atoms with Crippen molar-refractivity contribution in [2.75, 3.05) is 13.1 Å². The highest BCUT2D eigenvalue weighted by Crippen LogP contribution is 2.30. The molecule has 2 heterocycles. The summed E-state index contributed by atoms with van der Waals surface area (Å²) in [5, 5.41) is 4.27. The Morgan fingerprint density at radius 1 is 1.32 bits per heavy atom. The molecule has 0 radical (unpaired) electrons. The van der Waals surface area contributed by atoms with Crippen LogP contribution in [0.1, 0.15) is 16.2 Å². The number of hydrogen-bond donors (Lipinski definition) is 1. The lowest BCUT2D eigenvalue weighted by Crippen LogP contribution is -2.34. The summed E-state index contributed by atoms with van der Waals surface area (Å²) in [4.78, 5) is 1.90. The van der Waals surface area contributed by atoms with Crippen LogP contribution in [0.15, 0.2) is 11.0 Å². The van der Waals surface area contributed by atoms with Crippen LogP contribution in [0.2, 0.25) is 0 Å². The van der Waals surface area contributed by atoms with Crippen LogP contribution in [0.25, 0.3) is 0 Å². The first-order chi connectivity index (χ1) is 8.62. The molecule has 1 aromatic heterocycles. The van der Waals surface area contributed by atoms with Crippen molar-refractivity contribution in [3.05, 3.63) is 15.8 Å². The summed E-state index contributed by atoms with van der Waals surface area (Å²) >= 11 is 1.41. The van der Waals surface area contributed by atoms with Crippen LogP contribution in [0.4, 0.5) is 0 Å². The zero-order chi connectivity index (χ0) is 14.4. The van der Waals surface area contributed by atoms with Crippen LogP contribution in [0.5, 0.6) is 0 Å². The van der Waals surface area contributed by atoms with Gasteiger partial charge in [0.25, 0.3) is 0 Å². The zero-order valence-corrected chi connectivity index (χ0v) is 13.1. The molecule has 0 spiro atoms. The first kappa shape index (κ1) is 14.9. The Bertz CT molecular complexity index is 690. The molecule has 1 saturated heterocycles. The molecule has 0 bridgehead atoms. The van der Waals surface area contributed by atoms with E-state index in [2.05, 4.69) is 0 Å². The van der Waals surface area contributed by atoms with E-state index in [0.717, 1.165) is 9.75 Å². The lowest BCUT2D eigenvalue weighted by atomic mass is 10.4. The summed E-state index contributed by atoms with van der Waals surface area (Å²) in [6.07, 6.45) is 0.250. The maximum Gasteiger partial charge on any atom is 0.244 e. The largest absolute Gasteiger partial charge is 0.244 e. The molecule has 0 amide bonds. The lowest BCUT2D eigenvalue weighted by Gasteiger charge is -2.15. The predicted octanol–water partition coefficient (Wildman–Crippen LogP) is 0.416. The van der Waals surface area contributed by atoms with Crippen LogP contribution >= 0.6 is 11.3 Å². The number of nitrogens with two attached hydrogens (primary N) is 1. The maximum atomic E-state index is 12.4. The first-order valence-electron chi connectivity index (χ1n) is 5.71. The average Bonchev–Trinajstić information content (AvgIpc) is 2.83. The molecule has 2 N–H and O–H groups in total. The lowest BCUT2D eigenvalue weighted by molar-refractivity contribution is 0.476. The van der Waals surface area contributed by atoms with E-state index >= 15 is 0 Å². The summed E-state index contributed by atoms with van der Waals surface area (Å²) in [5.74, 6) is 0. The molecule has 1 aliphatic heterocycles. The molecule has 0 aromatic carbocycles. The second-order valence-corrected chi connectivity index (χ2v) is 9.85. The highest BCUT2D eigenvalue weighted by Gasteiger charge is 2.38. The smallest absolute Gasteiger partial charge is 0.228 e. The molecule has 1 fully saturated rings. The van der Waals surface area contributed by atoms with Crippen molar-refractivity contribution in [3.8, 4) is 0 Å². The minimum absolute atomic E-state index is 0.0600. The Kier molecular flexibility index (Phi) is 3.78. The number of hydrogen-bond acceptors (Lipinski definition) is 5. The Balaban J connectivity index is 2.31. The van der Waals surface area contributed by atoms with Gasteiger partial charge in [0, 0.05) is 22.8 Å². The molecule has 6 nitrogen and oxygen atoms in total. The molecule has 1 aromatic rings.